The Balaban J connectivity index is 3.55. The fourth-order valence-electron chi connectivity index (χ4n) is 0.860. The van der Waals surface area contributed by atoms with Gasteiger partial charge in [0.1, 0.15) is 0 Å². The van der Waals surface area contributed by atoms with E-state index in [2.05, 4.69) is 5.32 Å². The molecule has 86 valence electrons. The van der Waals surface area contributed by atoms with Gasteiger partial charge < -0.3 is 15.5 Å². The van der Waals surface area contributed by atoms with Crippen molar-refractivity contribution in [3.8, 4) is 0 Å². The van der Waals surface area contributed by atoms with E-state index in [1.54, 1.807) is 6.92 Å². The number of carboxylic acids is 2. The number of carbonyl (C=O) groups excluding carboxylic acids is 1. The lowest BCUT2D eigenvalue weighted by molar-refractivity contribution is -0.141. The van der Waals surface area contributed by atoms with Gasteiger partial charge in [0.15, 0.2) is 0 Å². The minimum absolute atomic E-state index is 0.0726. The van der Waals surface area contributed by atoms with Crippen molar-refractivity contribution in [1.82, 2.24) is 5.32 Å². The number of nitrogens with one attached hydrogen (secondary N) is 1. The van der Waals surface area contributed by atoms with Gasteiger partial charge in [0.05, 0.1) is 12.3 Å². The molecule has 0 saturated carbocycles. The zero-order chi connectivity index (χ0) is 11.8. The molecule has 0 spiro atoms. The standard InChI is InChI=1S/C9H15NO5/c1-6(9(14)15)4-5-10-7(11)2-3-8(12)13/h6H,2-5H2,1H3,(H,10,11)(H,12,13)(H,14,15)/t6-/m1/s1. The number of carboxylic acid groups (broad SMARTS) is 2. The van der Waals surface area contributed by atoms with Crippen LogP contribution in [0.15, 0.2) is 0 Å². The van der Waals surface area contributed by atoms with E-state index in [1.165, 1.54) is 0 Å². The summed E-state index contributed by atoms with van der Waals surface area (Å²) in [5.74, 6) is -2.81. The Bertz CT molecular complexity index is 251. The maximum atomic E-state index is 11.0. The summed E-state index contributed by atoms with van der Waals surface area (Å²) >= 11 is 0. The Morgan fingerprint density at radius 3 is 2.27 bits per heavy atom. The molecule has 0 bridgehead atoms. The van der Waals surface area contributed by atoms with Crippen molar-refractivity contribution >= 4 is 17.8 Å². The van der Waals surface area contributed by atoms with Crippen molar-refractivity contribution in [2.45, 2.75) is 26.2 Å². The molecular weight excluding hydrogens is 202 g/mol. The van der Waals surface area contributed by atoms with Crippen LogP contribution in [0, 0.1) is 5.92 Å². The molecule has 0 unspecified atom stereocenters. The van der Waals surface area contributed by atoms with E-state index in [1.807, 2.05) is 0 Å². The molecular formula is C9H15NO5. The number of hydrogen-bond acceptors (Lipinski definition) is 3. The van der Waals surface area contributed by atoms with Gasteiger partial charge in [-0.3, -0.25) is 14.4 Å². The topological polar surface area (TPSA) is 104 Å². The van der Waals surface area contributed by atoms with Gasteiger partial charge in [-0.05, 0) is 6.42 Å². The number of rotatable bonds is 7. The predicted molar refractivity (Wildman–Crippen MR) is 51.3 cm³/mol. The molecule has 0 saturated heterocycles. The van der Waals surface area contributed by atoms with Gasteiger partial charge in [0.25, 0.3) is 0 Å². The number of aliphatic carboxylic acids is 2. The molecule has 6 heteroatoms. The summed E-state index contributed by atoms with van der Waals surface area (Å²) in [4.78, 5) is 31.5. The summed E-state index contributed by atoms with van der Waals surface area (Å²) in [6, 6.07) is 0. The second kappa shape index (κ2) is 6.80. The highest BCUT2D eigenvalue weighted by atomic mass is 16.4. The maximum absolute atomic E-state index is 11.0. The Morgan fingerprint density at radius 2 is 1.80 bits per heavy atom. The van der Waals surface area contributed by atoms with E-state index < -0.39 is 17.9 Å². The molecule has 6 nitrogen and oxygen atoms in total. The number of carbonyl (C=O) groups is 3. The lowest BCUT2D eigenvalue weighted by Gasteiger charge is -2.06. The SMILES string of the molecule is C[C@H](CCNC(=O)CCC(=O)O)C(=O)O. The second-order valence-corrected chi connectivity index (χ2v) is 3.27. The molecule has 1 atom stereocenters. The molecule has 0 heterocycles. The Hall–Kier alpha value is -1.59. The summed E-state index contributed by atoms with van der Waals surface area (Å²) in [5.41, 5.74) is 0. The smallest absolute Gasteiger partial charge is 0.306 e. The van der Waals surface area contributed by atoms with Gasteiger partial charge in [-0.15, -0.1) is 0 Å². The van der Waals surface area contributed by atoms with Crippen molar-refractivity contribution in [3.63, 3.8) is 0 Å². The zero-order valence-corrected chi connectivity index (χ0v) is 8.52. The monoisotopic (exact) mass is 217 g/mol. The molecule has 0 aliphatic heterocycles. The summed E-state index contributed by atoms with van der Waals surface area (Å²) in [5, 5.41) is 19.3. The third kappa shape index (κ3) is 7.48. The van der Waals surface area contributed by atoms with Crippen LogP contribution in [0.25, 0.3) is 0 Å². The molecule has 0 fully saturated rings. The van der Waals surface area contributed by atoms with Gasteiger partial charge in [-0.1, -0.05) is 6.92 Å². The highest BCUT2D eigenvalue weighted by Gasteiger charge is 2.11. The Morgan fingerprint density at radius 1 is 1.20 bits per heavy atom. The van der Waals surface area contributed by atoms with Crippen LogP contribution >= 0.6 is 0 Å². The van der Waals surface area contributed by atoms with Crippen LogP contribution in [0.5, 0.6) is 0 Å². The lowest BCUT2D eigenvalue weighted by Crippen LogP contribution is -2.27. The Kier molecular flexibility index (Phi) is 6.08. The zero-order valence-electron chi connectivity index (χ0n) is 8.52. The minimum atomic E-state index is -1.02. The summed E-state index contributed by atoms with van der Waals surface area (Å²) in [7, 11) is 0. The van der Waals surface area contributed by atoms with Crippen molar-refractivity contribution in [1.29, 1.82) is 0 Å². The van der Waals surface area contributed by atoms with Crippen LogP contribution in [0.2, 0.25) is 0 Å². The molecule has 15 heavy (non-hydrogen) atoms. The molecule has 1 amide bonds. The quantitative estimate of drug-likeness (QED) is 0.560. The van der Waals surface area contributed by atoms with E-state index in [0.29, 0.717) is 6.42 Å². The Labute approximate surface area is 87.3 Å². The molecule has 0 aromatic heterocycles. The molecule has 0 rings (SSSR count). The molecule has 0 aliphatic carbocycles. The molecule has 3 N–H and O–H groups in total. The first-order valence-electron chi connectivity index (χ1n) is 4.64. The highest BCUT2D eigenvalue weighted by molar-refractivity contribution is 5.80. The minimum Gasteiger partial charge on any atom is -0.481 e. The van der Waals surface area contributed by atoms with Gasteiger partial charge in [0.2, 0.25) is 5.91 Å². The summed E-state index contributed by atoms with van der Waals surface area (Å²) in [6.07, 6.45) is 0.0608. The van der Waals surface area contributed by atoms with E-state index in [0.717, 1.165) is 0 Å². The largest absolute Gasteiger partial charge is 0.481 e. The van der Waals surface area contributed by atoms with Crippen LogP contribution < -0.4 is 5.32 Å². The third-order valence-corrected chi connectivity index (χ3v) is 1.89. The van der Waals surface area contributed by atoms with E-state index in [4.69, 9.17) is 10.2 Å². The fourth-order valence-corrected chi connectivity index (χ4v) is 0.860. The fraction of sp³-hybridized carbons (Fsp3) is 0.667. The maximum Gasteiger partial charge on any atom is 0.306 e. The molecule has 0 aromatic carbocycles. The van der Waals surface area contributed by atoms with Crippen molar-refractivity contribution < 1.29 is 24.6 Å². The first-order valence-corrected chi connectivity index (χ1v) is 4.64. The second-order valence-electron chi connectivity index (χ2n) is 3.27. The average molecular weight is 217 g/mol. The number of hydrogen-bond donors (Lipinski definition) is 3. The van der Waals surface area contributed by atoms with E-state index in [9.17, 15) is 14.4 Å². The van der Waals surface area contributed by atoms with E-state index in [-0.39, 0.29) is 25.3 Å². The van der Waals surface area contributed by atoms with Crippen molar-refractivity contribution in [3.05, 3.63) is 0 Å². The molecule has 0 radical (unpaired) electrons. The molecule has 0 aliphatic rings. The number of amides is 1. The van der Waals surface area contributed by atoms with Crippen LogP contribution in [0.4, 0.5) is 0 Å². The molecule has 0 aromatic rings. The van der Waals surface area contributed by atoms with Gasteiger partial charge in [-0.2, -0.15) is 0 Å². The third-order valence-electron chi connectivity index (χ3n) is 1.89. The summed E-state index contributed by atoms with van der Waals surface area (Å²) in [6.45, 7) is 1.80. The van der Waals surface area contributed by atoms with Crippen LogP contribution in [0.1, 0.15) is 26.2 Å². The van der Waals surface area contributed by atoms with Gasteiger partial charge in [0, 0.05) is 13.0 Å². The van der Waals surface area contributed by atoms with Gasteiger partial charge >= 0.3 is 11.9 Å². The van der Waals surface area contributed by atoms with Crippen LogP contribution in [-0.4, -0.2) is 34.6 Å². The summed E-state index contributed by atoms with van der Waals surface area (Å²) < 4.78 is 0. The first-order chi connectivity index (χ1) is 6.93. The van der Waals surface area contributed by atoms with Crippen molar-refractivity contribution in [2.75, 3.05) is 6.54 Å². The average Bonchev–Trinajstić information content (AvgIpc) is 2.14. The predicted octanol–water partition coefficient (Wildman–Crippen LogP) is 0.0782. The normalized spacial score (nSPS) is 11.8. The van der Waals surface area contributed by atoms with E-state index >= 15 is 0 Å². The van der Waals surface area contributed by atoms with Crippen molar-refractivity contribution in [2.24, 2.45) is 5.92 Å². The van der Waals surface area contributed by atoms with Gasteiger partial charge in [-0.25, -0.2) is 0 Å². The van der Waals surface area contributed by atoms with Crippen LogP contribution in [-0.2, 0) is 14.4 Å². The first kappa shape index (κ1) is 13.4. The lowest BCUT2D eigenvalue weighted by atomic mass is 10.1. The highest BCUT2D eigenvalue weighted by Crippen LogP contribution is 1.99. The van der Waals surface area contributed by atoms with Crippen LogP contribution in [0.3, 0.4) is 0 Å².